The molecule has 156 valence electrons. The van der Waals surface area contributed by atoms with Gasteiger partial charge in [-0.1, -0.05) is 0 Å². The van der Waals surface area contributed by atoms with Crippen LogP contribution in [0.5, 0.6) is 0 Å². The van der Waals surface area contributed by atoms with Gasteiger partial charge in [0, 0.05) is 37.0 Å². The van der Waals surface area contributed by atoms with E-state index in [4.69, 9.17) is 0 Å². The topological polar surface area (TPSA) is 108 Å². The maximum Gasteiger partial charge on any atom is 0.252 e. The van der Waals surface area contributed by atoms with E-state index in [9.17, 15) is 18.0 Å². The van der Waals surface area contributed by atoms with Gasteiger partial charge in [0.05, 0.1) is 6.54 Å². The Balaban J connectivity index is 1.58. The van der Waals surface area contributed by atoms with Crippen molar-refractivity contribution >= 4 is 39.0 Å². The van der Waals surface area contributed by atoms with Gasteiger partial charge in [0.1, 0.15) is 10.0 Å². The number of hydrogen-bond donors (Lipinski definition) is 2. The van der Waals surface area contributed by atoms with Crippen molar-refractivity contribution in [3.8, 4) is 0 Å². The van der Waals surface area contributed by atoms with Gasteiger partial charge in [0.2, 0.25) is 11.8 Å². The second kappa shape index (κ2) is 9.02. The highest BCUT2D eigenvalue weighted by Crippen LogP contribution is 2.29. The van der Waals surface area contributed by atoms with Crippen LogP contribution in [0, 0.1) is 12.8 Å². The zero-order valence-electron chi connectivity index (χ0n) is 16.3. The largest absolute Gasteiger partial charge is 0.351 e. The van der Waals surface area contributed by atoms with Crippen LogP contribution < -0.4 is 10.6 Å². The molecule has 1 fully saturated rings. The van der Waals surface area contributed by atoms with Crippen LogP contribution in [0.3, 0.4) is 0 Å². The number of aryl methyl sites for hydroxylation is 1. The zero-order valence-corrected chi connectivity index (χ0v) is 18.0. The molecule has 3 heterocycles. The number of piperidine rings is 1. The summed E-state index contributed by atoms with van der Waals surface area (Å²) in [7, 11) is -3.60. The Labute approximate surface area is 174 Å². The molecule has 3 rings (SSSR count). The van der Waals surface area contributed by atoms with Gasteiger partial charge in [0.15, 0.2) is 0 Å². The molecule has 0 atom stereocenters. The smallest absolute Gasteiger partial charge is 0.252 e. The zero-order chi connectivity index (χ0) is 21.0. The molecule has 0 aromatic carbocycles. The van der Waals surface area contributed by atoms with E-state index < -0.39 is 10.0 Å². The molecule has 8 nitrogen and oxygen atoms in total. The second-order valence-corrected chi connectivity index (χ2v) is 10.3. The molecule has 0 bridgehead atoms. The van der Waals surface area contributed by atoms with E-state index in [-0.39, 0.29) is 21.9 Å². The normalized spacial score (nSPS) is 15.8. The van der Waals surface area contributed by atoms with Crippen LogP contribution in [0.1, 0.15) is 30.2 Å². The number of sulfonamides is 1. The highest BCUT2D eigenvalue weighted by Gasteiger charge is 2.33. The van der Waals surface area contributed by atoms with E-state index in [0.29, 0.717) is 38.3 Å². The number of aromatic nitrogens is 1. The Morgan fingerprint density at radius 3 is 2.62 bits per heavy atom. The third-order valence-corrected chi connectivity index (χ3v) is 8.19. The lowest BCUT2D eigenvalue weighted by Gasteiger charge is -2.30. The summed E-state index contributed by atoms with van der Waals surface area (Å²) >= 11 is 1.15. The van der Waals surface area contributed by atoms with E-state index in [1.807, 2.05) is 13.0 Å². The average molecular weight is 437 g/mol. The molecule has 1 aliphatic rings. The number of carbonyl (C=O) groups excluding carboxylic acids is 2. The van der Waals surface area contributed by atoms with Gasteiger partial charge >= 0.3 is 0 Å². The SMILES string of the molecule is CC(=O)NCc1ccc(S(=O)(=O)N2CCC(C(=O)Nc3cc(C)ccn3)CC2)s1. The highest BCUT2D eigenvalue weighted by molar-refractivity contribution is 7.91. The first-order valence-electron chi connectivity index (χ1n) is 9.32. The first-order chi connectivity index (χ1) is 13.8. The fraction of sp³-hybridized carbons (Fsp3) is 0.421. The maximum absolute atomic E-state index is 12.9. The van der Waals surface area contributed by atoms with E-state index in [1.165, 1.54) is 11.2 Å². The summed E-state index contributed by atoms with van der Waals surface area (Å²) in [6, 6.07) is 6.93. The van der Waals surface area contributed by atoms with E-state index in [2.05, 4.69) is 15.6 Å². The van der Waals surface area contributed by atoms with Crippen LogP contribution in [-0.4, -0.2) is 42.6 Å². The Morgan fingerprint density at radius 1 is 1.24 bits per heavy atom. The van der Waals surface area contributed by atoms with Crippen molar-refractivity contribution in [2.45, 2.75) is 37.4 Å². The lowest BCUT2D eigenvalue weighted by atomic mass is 9.97. The van der Waals surface area contributed by atoms with Crippen molar-refractivity contribution in [3.63, 3.8) is 0 Å². The van der Waals surface area contributed by atoms with Crippen LogP contribution in [-0.2, 0) is 26.2 Å². The van der Waals surface area contributed by atoms with Crippen molar-refractivity contribution in [2.75, 3.05) is 18.4 Å². The molecule has 0 spiro atoms. The van der Waals surface area contributed by atoms with Gasteiger partial charge in [0.25, 0.3) is 10.0 Å². The van der Waals surface area contributed by atoms with Crippen molar-refractivity contribution in [2.24, 2.45) is 5.92 Å². The Morgan fingerprint density at radius 2 is 1.97 bits per heavy atom. The molecule has 2 N–H and O–H groups in total. The number of thiophene rings is 1. The lowest BCUT2D eigenvalue weighted by molar-refractivity contribution is -0.121. The molecule has 0 saturated carbocycles. The maximum atomic E-state index is 12.9. The number of rotatable bonds is 6. The predicted octanol–water partition coefficient (Wildman–Crippen LogP) is 2.13. The molecule has 0 unspecified atom stereocenters. The molecule has 2 aromatic rings. The van der Waals surface area contributed by atoms with E-state index >= 15 is 0 Å². The Kier molecular flexibility index (Phi) is 6.66. The van der Waals surface area contributed by atoms with E-state index in [0.717, 1.165) is 21.8 Å². The predicted molar refractivity (Wildman–Crippen MR) is 111 cm³/mol. The van der Waals surface area contributed by atoms with Crippen LogP contribution in [0.4, 0.5) is 5.82 Å². The monoisotopic (exact) mass is 436 g/mol. The van der Waals surface area contributed by atoms with Gasteiger partial charge in [-0.15, -0.1) is 11.3 Å². The summed E-state index contributed by atoms with van der Waals surface area (Å²) in [4.78, 5) is 28.4. The first kappa shape index (κ1) is 21.4. The standard InChI is InChI=1S/C19H24N4O4S2/c1-13-5-8-20-17(11-13)22-19(25)15-6-9-23(10-7-15)29(26,27)18-4-3-16(28-18)12-21-14(2)24/h3-5,8,11,15H,6-7,9-10,12H2,1-2H3,(H,21,24)(H,20,22,25). The minimum absolute atomic E-state index is 0.131. The third kappa shape index (κ3) is 5.40. The van der Waals surface area contributed by atoms with Gasteiger partial charge in [-0.3, -0.25) is 9.59 Å². The molecular weight excluding hydrogens is 412 g/mol. The molecule has 2 aromatic heterocycles. The number of nitrogens with zero attached hydrogens (tertiary/aromatic N) is 2. The molecule has 29 heavy (non-hydrogen) atoms. The quantitative estimate of drug-likeness (QED) is 0.721. The number of anilines is 1. The van der Waals surface area contributed by atoms with Gasteiger partial charge in [-0.2, -0.15) is 4.31 Å². The van der Waals surface area contributed by atoms with Crippen LogP contribution in [0.2, 0.25) is 0 Å². The average Bonchev–Trinajstić information content (AvgIpc) is 3.16. The molecule has 10 heteroatoms. The van der Waals surface area contributed by atoms with Crippen LogP contribution in [0.15, 0.2) is 34.7 Å². The van der Waals surface area contributed by atoms with Crippen LogP contribution >= 0.6 is 11.3 Å². The second-order valence-electron chi connectivity index (χ2n) is 7.02. The number of pyridine rings is 1. The van der Waals surface area contributed by atoms with Crippen molar-refractivity contribution < 1.29 is 18.0 Å². The Hall–Kier alpha value is -2.30. The fourth-order valence-electron chi connectivity index (χ4n) is 3.12. The molecule has 1 saturated heterocycles. The summed E-state index contributed by atoms with van der Waals surface area (Å²) in [5.41, 5.74) is 1.00. The summed E-state index contributed by atoms with van der Waals surface area (Å²) in [5.74, 6) is -0.0318. The van der Waals surface area contributed by atoms with Gasteiger partial charge < -0.3 is 10.6 Å². The Bertz CT molecular complexity index is 995. The highest BCUT2D eigenvalue weighted by atomic mass is 32.2. The van der Waals surface area contributed by atoms with Gasteiger partial charge in [-0.05, 0) is 49.6 Å². The number of hydrogen-bond acceptors (Lipinski definition) is 6. The fourth-order valence-corrected chi connectivity index (χ4v) is 6.04. The minimum Gasteiger partial charge on any atom is -0.351 e. The molecular formula is C19H24N4O4S2. The third-order valence-electron chi connectivity index (χ3n) is 4.73. The van der Waals surface area contributed by atoms with E-state index in [1.54, 1.807) is 24.4 Å². The summed E-state index contributed by atoms with van der Waals surface area (Å²) < 4.78 is 27.4. The number of carbonyl (C=O) groups is 2. The van der Waals surface area contributed by atoms with Crippen molar-refractivity contribution in [1.29, 1.82) is 0 Å². The lowest BCUT2D eigenvalue weighted by Crippen LogP contribution is -2.41. The van der Waals surface area contributed by atoms with Gasteiger partial charge in [-0.25, -0.2) is 13.4 Å². The summed E-state index contributed by atoms with van der Waals surface area (Å²) in [6.45, 7) is 4.24. The molecule has 1 aliphatic heterocycles. The first-order valence-corrected chi connectivity index (χ1v) is 11.6. The summed E-state index contributed by atoms with van der Waals surface area (Å²) in [6.07, 6.45) is 2.56. The minimum atomic E-state index is -3.60. The molecule has 0 aliphatic carbocycles. The van der Waals surface area contributed by atoms with Crippen LogP contribution in [0.25, 0.3) is 0 Å². The number of amides is 2. The number of nitrogens with one attached hydrogen (secondary N) is 2. The molecule has 2 amide bonds. The van der Waals surface area contributed by atoms with Crippen molar-refractivity contribution in [3.05, 3.63) is 40.9 Å². The van der Waals surface area contributed by atoms with Crippen molar-refractivity contribution in [1.82, 2.24) is 14.6 Å². The molecule has 0 radical (unpaired) electrons. The summed E-state index contributed by atoms with van der Waals surface area (Å²) in [5, 5.41) is 5.48.